The first kappa shape index (κ1) is 20.0. The number of sulfonamides is 1. The molecule has 1 atom stereocenters. The van der Waals surface area contributed by atoms with Gasteiger partial charge in [0.05, 0.1) is 13.4 Å². The molecule has 0 heterocycles. The number of carbonyl (C=O) groups is 2. The number of ether oxygens (including phenoxy) is 1. The van der Waals surface area contributed by atoms with Crippen molar-refractivity contribution in [2.24, 2.45) is 0 Å². The van der Waals surface area contributed by atoms with E-state index in [4.69, 9.17) is 4.74 Å². The third kappa shape index (κ3) is 6.99. The number of methoxy groups -OCH3 is 1. The van der Waals surface area contributed by atoms with Gasteiger partial charge >= 0.3 is 5.97 Å². The van der Waals surface area contributed by atoms with Gasteiger partial charge in [0, 0.05) is 11.3 Å². The Morgan fingerprint density at radius 2 is 1.96 bits per heavy atom. The molecule has 7 nitrogen and oxygen atoms in total. The summed E-state index contributed by atoms with van der Waals surface area (Å²) in [5.74, 6) is -0.955. The van der Waals surface area contributed by atoms with Crippen LogP contribution in [-0.4, -0.2) is 39.7 Å². The van der Waals surface area contributed by atoms with Gasteiger partial charge in [0.2, 0.25) is 10.0 Å². The Morgan fingerprint density at radius 1 is 1.25 bits per heavy atom. The summed E-state index contributed by atoms with van der Waals surface area (Å²) < 4.78 is 29.6. The predicted octanol–water partition coefficient (Wildman–Crippen LogP) is 1.91. The van der Waals surface area contributed by atoms with Gasteiger partial charge in [0.15, 0.2) is 0 Å². The van der Waals surface area contributed by atoms with Crippen LogP contribution in [0.2, 0.25) is 0 Å². The van der Waals surface area contributed by atoms with Crippen LogP contribution in [0.1, 0.15) is 43.0 Å². The molecule has 0 radical (unpaired) electrons. The Morgan fingerprint density at radius 3 is 2.54 bits per heavy atom. The number of benzene rings is 1. The number of anilines is 1. The van der Waals surface area contributed by atoms with Crippen LogP contribution in [0.5, 0.6) is 0 Å². The Kier molecular flexibility index (Phi) is 7.70. The summed E-state index contributed by atoms with van der Waals surface area (Å²) in [7, 11) is -2.16. The molecule has 8 heteroatoms. The van der Waals surface area contributed by atoms with Crippen LogP contribution in [0.15, 0.2) is 24.3 Å². The molecule has 1 aromatic carbocycles. The molecular formula is C16H24N2O5S. The first-order valence-electron chi connectivity index (χ1n) is 7.73. The summed E-state index contributed by atoms with van der Waals surface area (Å²) >= 11 is 0. The van der Waals surface area contributed by atoms with Crippen LogP contribution in [0.3, 0.4) is 0 Å². The fraction of sp³-hybridized carbons (Fsp3) is 0.500. The smallest absolute Gasteiger partial charge is 0.328 e. The highest BCUT2D eigenvalue weighted by molar-refractivity contribution is 7.92. The number of amides is 1. The molecule has 24 heavy (non-hydrogen) atoms. The van der Waals surface area contributed by atoms with E-state index >= 15 is 0 Å². The summed E-state index contributed by atoms with van der Waals surface area (Å²) in [4.78, 5) is 24.1. The van der Waals surface area contributed by atoms with Crippen molar-refractivity contribution in [3.8, 4) is 0 Å². The van der Waals surface area contributed by atoms with E-state index in [1.807, 2.05) is 6.92 Å². The molecule has 0 unspecified atom stereocenters. The molecule has 0 saturated carbocycles. The van der Waals surface area contributed by atoms with Crippen LogP contribution in [-0.2, 0) is 19.6 Å². The number of hydrogen-bond donors (Lipinski definition) is 2. The second kappa shape index (κ2) is 9.27. The maximum atomic E-state index is 12.3. The van der Waals surface area contributed by atoms with Gasteiger partial charge in [-0.2, -0.15) is 0 Å². The van der Waals surface area contributed by atoms with Crippen LogP contribution in [0.4, 0.5) is 5.69 Å². The number of rotatable bonds is 9. The number of hydrogen-bond acceptors (Lipinski definition) is 5. The molecule has 0 aliphatic carbocycles. The highest BCUT2D eigenvalue weighted by atomic mass is 32.2. The standard InChI is InChI=1S/C16H24N2O5S/c1-4-5-6-10-14(16(20)23-2)17-15(19)12-8-7-9-13(11-12)18-24(3,21)22/h7-9,11,14,18H,4-6,10H2,1-3H3,(H,17,19)/t14-/m0/s1. The predicted molar refractivity (Wildman–Crippen MR) is 92.3 cm³/mol. The first-order chi connectivity index (χ1) is 11.3. The third-order valence-corrected chi connectivity index (χ3v) is 3.92. The maximum Gasteiger partial charge on any atom is 0.328 e. The van der Waals surface area contributed by atoms with Crippen LogP contribution in [0.25, 0.3) is 0 Å². The zero-order valence-electron chi connectivity index (χ0n) is 14.2. The van der Waals surface area contributed by atoms with E-state index in [9.17, 15) is 18.0 Å². The summed E-state index contributed by atoms with van der Waals surface area (Å²) in [6, 6.07) is 5.34. The normalized spacial score (nSPS) is 12.3. The van der Waals surface area contributed by atoms with E-state index in [0.29, 0.717) is 6.42 Å². The van der Waals surface area contributed by atoms with Gasteiger partial charge in [-0.15, -0.1) is 0 Å². The highest BCUT2D eigenvalue weighted by Crippen LogP contribution is 2.13. The lowest BCUT2D eigenvalue weighted by atomic mass is 10.1. The fourth-order valence-corrected chi connectivity index (χ4v) is 2.72. The van der Waals surface area contributed by atoms with Gasteiger partial charge in [0.1, 0.15) is 6.04 Å². The van der Waals surface area contributed by atoms with Gasteiger partial charge in [-0.3, -0.25) is 9.52 Å². The van der Waals surface area contributed by atoms with Crippen molar-refractivity contribution in [2.45, 2.75) is 38.6 Å². The van der Waals surface area contributed by atoms with Crippen molar-refractivity contribution in [3.05, 3.63) is 29.8 Å². The molecule has 0 bridgehead atoms. The second-order valence-electron chi connectivity index (χ2n) is 5.50. The molecule has 1 aromatic rings. The largest absolute Gasteiger partial charge is 0.467 e. The first-order valence-corrected chi connectivity index (χ1v) is 9.62. The molecule has 1 amide bonds. The fourth-order valence-electron chi connectivity index (χ4n) is 2.17. The third-order valence-electron chi connectivity index (χ3n) is 3.32. The van der Waals surface area contributed by atoms with E-state index in [0.717, 1.165) is 25.5 Å². The topological polar surface area (TPSA) is 102 Å². The maximum absolute atomic E-state index is 12.3. The minimum absolute atomic E-state index is 0.257. The molecule has 0 aliphatic rings. The number of unbranched alkanes of at least 4 members (excludes halogenated alkanes) is 2. The van der Waals surface area contributed by atoms with Crippen molar-refractivity contribution in [1.82, 2.24) is 5.32 Å². The van der Waals surface area contributed by atoms with E-state index < -0.39 is 27.9 Å². The minimum Gasteiger partial charge on any atom is -0.467 e. The summed E-state index contributed by atoms with van der Waals surface area (Å²) in [6.07, 6.45) is 4.28. The Hall–Kier alpha value is -2.09. The number of esters is 1. The van der Waals surface area contributed by atoms with Gasteiger partial charge in [0.25, 0.3) is 5.91 Å². The Balaban J connectivity index is 2.83. The van der Waals surface area contributed by atoms with E-state index in [-0.39, 0.29) is 11.3 Å². The van der Waals surface area contributed by atoms with Crippen molar-refractivity contribution in [3.63, 3.8) is 0 Å². The van der Waals surface area contributed by atoms with E-state index in [1.54, 1.807) is 12.1 Å². The molecule has 0 spiro atoms. The van der Waals surface area contributed by atoms with Crippen LogP contribution in [0, 0.1) is 0 Å². The van der Waals surface area contributed by atoms with Crippen molar-refractivity contribution in [1.29, 1.82) is 0 Å². The van der Waals surface area contributed by atoms with Crippen LogP contribution >= 0.6 is 0 Å². The quantitative estimate of drug-likeness (QED) is 0.520. The number of nitrogens with one attached hydrogen (secondary N) is 2. The van der Waals surface area contributed by atoms with Crippen LogP contribution < -0.4 is 10.0 Å². The number of carbonyl (C=O) groups excluding carboxylic acids is 2. The van der Waals surface area contributed by atoms with Crippen molar-refractivity contribution in [2.75, 3.05) is 18.1 Å². The molecule has 134 valence electrons. The Labute approximate surface area is 142 Å². The summed E-state index contributed by atoms with van der Waals surface area (Å²) in [5, 5.41) is 2.64. The van der Waals surface area contributed by atoms with Crippen molar-refractivity contribution >= 4 is 27.6 Å². The zero-order valence-corrected chi connectivity index (χ0v) is 15.0. The second-order valence-corrected chi connectivity index (χ2v) is 7.25. The minimum atomic E-state index is -3.43. The van der Waals surface area contributed by atoms with Gasteiger partial charge in [-0.05, 0) is 24.6 Å². The molecule has 1 rings (SSSR count). The molecule has 0 fully saturated rings. The molecular weight excluding hydrogens is 332 g/mol. The average Bonchev–Trinajstić information content (AvgIpc) is 2.51. The molecule has 0 saturated heterocycles. The lowest BCUT2D eigenvalue weighted by Crippen LogP contribution is -2.41. The van der Waals surface area contributed by atoms with Crippen molar-refractivity contribution < 1.29 is 22.7 Å². The lowest BCUT2D eigenvalue weighted by Gasteiger charge is -2.16. The van der Waals surface area contributed by atoms with Gasteiger partial charge < -0.3 is 10.1 Å². The average molecular weight is 356 g/mol. The Bertz CT molecular complexity index is 673. The summed E-state index contributed by atoms with van der Waals surface area (Å²) in [5.41, 5.74) is 0.541. The lowest BCUT2D eigenvalue weighted by molar-refractivity contribution is -0.143. The van der Waals surface area contributed by atoms with E-state index in [1.165, 1.54) is 19.2 Å². The zero-order chi connectivity index (χ0) is 18.2. The van der Waals surface area contributed by atoms with Gasteiger partial charge in [-0.25, -0.2) is 13.2 Å². The molecule has 2 N–H and O–H groups in total. The monoisotopic (exact) mass is 356 g/mol. The SMILES string of the molecule is CCCCC[C@H](NC(=O)c1cccc(NS(C)(=O)=O)c1)C(=O)OC. The molecule has 0 aliphatic heterocycles. The summed E-state index contributed by atoms with van der Waals surface area (Å²) in [6.45, 7) is 2.05. The highest BCUT2D eigenvalue weighted by Gasteiger charge is 2.21. The van der Waals surface area contributed by atoms with E-state index in [2.05, 4.69) is 10.0 Å². The molecule has 0 aromatic heterocycles. The van der Waals surface area contributed by atoms with Gasteiger partial charge in [-0.1, -0.05) is 32.3 Å².